The number of amides is 3. The fourth-order valence-corrected chi connectivity index (χ4v) is 3.12. The van der Waals surface area contributed by atoms with Crippen LogP contribution in [0.4, 0.5) is 11.4 Å². The summed E-state index contributed by atoms with van der Waals surface area (Å²) in [4.78, 5) is 38.5. The van der Waals surface area contributed by atoms with E-state index < -0.39 is 0 Å². The van der Waals surface area contributed by atoms with Crippen LogP contribution in [-0.4, -0.2) is 17.7 Å². The van der Waals surface area contributed by atoms with Gasteiger partial charge in [-0.15, -0.1) is 0 Å². The Labute approximate surface area is 156 Å². The summed E-state index contributed by atoms with van der Waals surface area (Å²) in [7, 11) is 0. The van der Waals surface area contributed by atoms with Gasteiger partial charge in [0.25, 0.3) is 17.7 Å². The first-order valence-electron chi connectivity index (χ1n) is 7.68. The zero-order chi connectivity index (χ0) is 18.3. The van der Waals surface area contributed by atoms with Gasteiger partial charge in [-0.25, -0.2) is 4.90 Å². The van der Waals surface area contributed by atoms with Crippen molar-refractivity contribution in [2.75, 3.05) is 10.2 Å². The lowest BCUT2D eigenvalue weighted by molar-refractivity contribution is 0.0925. The van der Waals surface area contributed by atoms with Crippen molar-refractivity contribution in [2.45, 2.75) is 0 Å². The van der Waals surface area contributed by atoms with E-state index in [-0.39, 0.29) is 17.7 Å². The molecule has 2 heterocycles. The molecule has 0 atom stereocenters. The first kappa shape index (κ1) is 16.3. The molecule has 0 bridgehead atoms. The molecule has 0 unspecified atom stereocenters. The van der Waals surface area contributed by atoms with Gasteiger partial charge in [-0.2, -0.15) is 0 Å². The van der Waals surface area contributed by atoms with Crippen molar-refractivity contribution in [2.24, 2.45) is 0 Å². The van der Waals surface area contributed by atoms with Crippen molar-refractivity contribution in [3.05, 3.63) is 82.2 Å². The second-order valence-electron chi connectivity index (χ2n) is 5.64. The van der Waals surface area contributed by atoms with Gasteiger partial charge in [-0.3, -0.25) is 14.4 Å². The first-order chi connectivity index (χ1) is 12.5. The van der Waals surface area contributed by atoms with E-state index in [1.54, 1.807) is 54.6 Å². The predicted molar refractivity (Wildman–Crippen MR) is 98.4 cm³/mol. The van der Waals surface area contributed by atoms with Crippen LogP contribution in [0.15, 0.2) is 69.9 Å². The van der Waals surface area contributed by atoms with E-state index in [0.717, 1.165) is 4.90 Å². The average Bonchev–Trinajstić information content (AvgIpc) is 3.18. The number of hydrogen-bond donors (Lipinski definition) is 1. The molecule has 0 saturated heterocycles. The molecule has 1 aliphatic rings. The number of benzene rings is 2. The highest BCUT2D eigenvalue weighted by Crippen LogP contribution is 2.30. The van der Waals surface area contributed by atoms with E-state index >= 15 is 0 Å². The number of carbonyl (C=O) groups is 3. The number of nitrogens with one attached hydrogen (secondary N) is 1. The van der Waals surface area contributed by atoms with Gasteiger partial charge in [0.2, 0.25) is 0 Å². The van der Waals surface area contributed by atoms with Gasteiger partial charge in [0.15, 0.2) is 4.67 Å². The average molecular weight is 411 g/mol. The van der Waals surface area contributed by atoms with Crippen molar-refractivity contribution in [1.29, 1.82) is 0 Å². The lowest BCUT2D eigenvalue weighted by Gasteiger charge is -2.15. The Balaban J connectivity index is 1.62. The molecule has 0 saturated carbocycles. The van der Waals surface area contributed by atoms with Gasteiger partial charge in [0.05, 0.1) is 22.4 Å². The summed E-state index contributed by atoms with van der Waals surface area (Å²) >= 11 is 3.14. The highest BCUT2D eigenvalue weighted by molar-refractivity contribution is 9.10. The molecule has 0 radical (unpaired) electrons. The maximum Gasteiger partial charge on any atom is 0.266 e. The molecule has 4 rings (SSSR count). The minimum absolute atomic E-state index is 0.350. The maximum absolute atomic E-state index is 12.6. The van der Waals surface area contributed by atoms with Crippen LogP contribution in [-0.2, 0) is 0 Å². The van der Waals surface area contributed by atoms with Crippen molar-refractivity contribution >= 4 is 45.0 Å². The molecule has 1 aromatic heterocycles. The molecule has 3 amide bonds. The minimum atomic E-state index is -0.382. The van der Waals surface area contributed by atoms with Gasteiger partial charge in [-0.1, -0.05) is 18.2 Å². The minimum Gasteiger partial charge on any atom is -0.457 e. The Morgan fingerprint density at radius 2 is 1.65 bits per heavy atom. The summed E-state index contributed by atoms with van der Waals surface area (Å²) in [5.41, 5.74) is 1.94. The van der Waals surface area contributed by atoms with Crippen LogP contribution in [0.1, 0.15) is 31.1 Å². The molecular weight excluding hydrogens is 400 g/mol. The molecule has 0 aliphatic carbocycles. The van der Waals surface area contributed by atoms with Crippen molar-refractivity contribution in [3.8, 4) is 0 Å². The maximum atomic E-state index is 12.6. The van der Waals surface area contributed by atoms with E-state index in [1.807, 2.05) is 0 Å². The fraction of sp³-hybridized carbons (Fsp3) is 0. The molecule has 0 spiro atoms. The smallest absolute Gasteiger partial charge is 0.266 e. The molecule has 128 valence electrons. The third-order valence-electron chi connectivity index (χ3n) is 3.99. The number of carbonyl (C=O) groups excluding carboxylic acids is 3. The molecule has 1 aliphatic heterocycles. The Morgan fingerprint density at radius 3 is 2.27 bits per heavy atom. The van der Waals surface area contributed by atoms with Crippen LogP contribution in [0.5, 0.6) is 0 Å². The van der Waals surface area contributed by atoms with E-state index in [0.29, 0.717) is 32.7 Å². The van der Waals surface area contributed by atoms with Gasteiger partial charge >= 0.3 is 0 Å². The monoisotopic (exact) mass is 410 g/mol. The summed E-state index contributed by atoms with van der Waals surface area (Å²) < 4.78 is 5.50. The standard InChI is InChI=1S/C19H11BrN2O4/c20-16-8-11(10-26-16)17(23)21-12-4-3-5-13(9-12)22-18(24)14-6-1-2-7-15(14)19(22)25/h1-10H,(H,21,23). The number of fused-ring (bicyclic) bond motifs is 1. The van der Waals surface area contributed by atoms with Crippen LogP contribution in [0.25, 0.3) is 0 Å². The molecule has 6 nitrogen and oxygen atoms in total. The van der Waals surface area contributed by atoms with Crippen molar-refractivity contribution in [3.63, 3.8) is 0 Å². The van der Waals surface area contributed by atoms with Crippen LogP contribution >= 0.6 is 15.9 Å². The normalized spacial score (nSPS) is 13.0. The van der Waals surface area contributed by atoms with E-state index in [1.165, 1.54) is 6.26 Å². The highest BCUT2D eigenvalue weighted by atomic mass is 79.9. The number of rotatable bonds is 3. The topological polar surface area (TPSA) is 79.6 Å². The first-order valence-corrected chi connectivity index (χ1v) is 8.47. The van der Waals surface area contributed by atoms with Gasteiger partial charge in [-0.05, 0) is 46.3 Å². The third kappa shape index (κ3) is 2.72. The number of imide groups is 1. The van der Waals surface area contributed by atoms with Gasteiger partial charge < -0.3 is 9.73 Å². The Bertz CT molecular complexity index is 1020. The summed E-state index contributed by atoms with van der Waals surface area (Å²) in [5, 5.41) is 2.72. The zero-order valence-electron chi connectivity index (χ0n) is 13.2. The molecule has 26 heavy (non-hydrogen) atoms. The van der Waals surface area contributed by atoms with Crippen LogP contribution in [0, 0.1) is 0 Å². The summed E-state index contributed by atoms with van der Waals surface area (Å²) in [6, 6.07) is 14.8. The van der Waals surface area contributed by atoms with Gasteiger partial charge in [0.1, 0.15) is 6.26 Å². The zero-order valence-corrected chi connectivity index (χ0v) is 14.8. The van der Waals surface area contributed by atoms with Crippen LogP contribution in [0.3, 0.4) is 0 Å². The van der Waals surface area contributed by atoms with Crippen molar-refractivity contribution < 1.29 is 18.8 Å². The highest BCUT2D eigenvalue weighted by Gasteiger charge is 2.36. The molecule has 0 fully saturated rings. The van der Waals surface area contributed by atoms with E-state index in [4.69, 9.17) is 4.42 Å². The molecular formula is C19H11BrN2O4. The quantitative estimate of drug-likeness (QED) is 0.659. The van der Waals surface area contributed by atoms with E-state index in [2.05, 4.69) is 21.2 Å². The molecule has 7 heteroatoms. The lowest BCUT2D eigenvalue weighted by atomic mass is 10.1. The van der Waals surface area contributed by atoms with E-state index in [9.17, 15) is 14.4 Å². The number of anilines is 2. The predicted octanol–water partition coefficient (Wildman–Crippen LogP) is 4.10. The van der Waals surface area contributed by atoms with Crippen LogP contribution in [0.2, 0.25) is 0 Å². The Morgan fingerprint density at radius 1 is 0.962 bits per heavy atom. The molecule has 3 aromatic rings. The Kier molecular flexibility index (Phi) is 3.93. The second kappa shape index (κ2) is 6.27. The number of furan rings is 1. The second-order valence-corrected chi connectivity index (χ2v) is 6.42. The third-order valence-corrected chi connectivity index (χ3v) is 4.40. The summed E-state index contributed by atoms with van der Waals surface area (Å²) in [5.74, 6) is -1.13. The summed E-state index contributed by atoms with van der Waals surface area (Å²) in [6.45, 7) is 0. The number of hydrogen-bond acceptors (Lipinski definition) is 4. The molecule has 1 N–H and O–H groups in total. The van der Waals surface area contributed by atoms with Gasteiger partial charge in [0, 0.05) is 11.8 Å². The largest absolute Gasteiger partial charge is 0.457 e. The number of nitrogens with zero attached hydrogens (tertiary/aromatic N) is 1. The van der Waals surface area contributed by atoms with Crippen LogP contribution < -0.4 is 10.2 Å². The summed E-state index contributed by atoms with van der Waals surface area (Å²) in [6.07, 6.45) is 1.33. The lowest BCUT2D eigenvalue weighted by Crippen LogP contribution is -2.29. The van der Waals surface area contributed by atoms with Crippen molar-refractivity contribution in [1.82, 2.24) is 0 Å². The fourth-order valence-electron chi connectivity index (χ4n) is 2.78. The Hall–Kier alpha value is -3.19. The number of halogens is 1. The molecule has 2 aromatic carbocycles. The SMILES string of the molecule is O=C(Nc1cccc(N2C(=O)c3ccccc3C2=O)c1)c1coc(Br)c1.